The van der Waals surface area contributed by atoms with Crippen LogP contribution in [0.3, 0.4) is 0 Å². The van der Waals surface area contributed by atoms with Gasteiger partial charge in [-0.25, -0.2) is 4.39 Å². The highest BCUT2D eigenvalue weighted by atomic mass is 19.1. The first kappa shape index (κ1) is 21.5. The highest BCUT2D eigenvalue weighted by Crippen LogP contribution is 2.34. The monoisotopic (exact) mass is 401 g/mol. The van der Waals surface area contributed by atoms with Gasteiger partial charge in [0, 0.05) is 18.0 Å². The van der Waals surface area contributed by atoms with Gasteiger partial charge in [0.1, 0.15) is 12.4 Å². The topological polar surface area (TPSA) is 22.1 Å². The van der Waals surface area contributed by atoms with E-state index in [0.29, 0.717) is 13.0 Å². The summed E-state index contributed by atoms with van der Waals surface area (Å²) in [7, 11) is 0. The van der Waals surface area contributed by atoms with Crippen molar-refractivity contribution < 1.29 is 9.13 Å². The van der Waals surface area contributed by atoms with E-state index in [1.54, 1.807) is 19.2 Å². The summed E-state index contributed by atoms with van der Waals surface area (Å²) in [6.45, 7) is 5.78. The quantitative estimate of drug-likeness (QED) is 0.259. The maximum atomic E-state index is 13.0. The molecule has 1 heterocycles. The Hall–Kier alpha value is -3.20. The molecule has 0 N–H and O–H groups in total. The third kappa shape index (κ3) is 6.15. The lowest BCUT2D eigenvalue weighted by Gasteiger charge is -2.12. The van der Waals surface area contributed by atoms with Crippen LogP contribution in [0.2, 0.25) is 0 Å². The van der Waals surface area contributed by atoms with E-state index in [0.717, 1.165) is 46.4 Å². The summed E-state index contributed by atoms with van der Waals surface area (Å²) in [5, 5.41) is 0. The first-order valence-corrected chi connectivity index (χ1v) is 10.4. The molecule has 1 unspecified atom stereocenters. The van der Waals surface area contributed by atoms with Gasteiger partial charge in [0.25, 0.3) is 0 Å². The summed E-state index contributed by atoms with van der Waals surface area (Å²) < 4.78 is 18.6. The third-order valence-corrected chi connectivity index (χ3v) is 4.83. The van der Waals surface area contributed by atoms with Crippen LogP contribution in [0.4, 0.5) is 4.39 Å². The molecule has 0 amide bonds. The number of ether oxygens (including phenoxy) is 1. The Kier molecular flexibility index (Phi) is 7.96. The van der Waals surface area contributed by atoms with E-state index in [2.05, 4.69) is 60.1 Å². The average molecular weight is 402 g/mol. The van der Waals surface area contributed by atoms with Crippen molar-refractivity contribution in [2.75, 3.05) is 6.61 Å². The van der Waals surface area contributed by atoms with Crippen molar-refractivity contribution in [3.05, 3.63) is 91.3 Å². The molecule has 30 heavy (non-hydrogen) atoms. The molecule has 0 bridgehead atoms. The Morgan fingerprint density at radius 3 is 2.60 bits per heavy atom. The van der Waals surface area contributed by atoms with E-state index in [9.17, 15) is 4.39 Å². The van der Waals surface area contributed by atoms with Crippen molar-refractivity contribution in [3.8, 4) is 28.0 Å². The lowest BCUT2D eigenvalue weighted by atomic mass is 9.93. The standard InChI is InChI=1S/C27H28FNO/c1-3-18-30-25-14-12-23(13-15-25)27-19-22(9-6-4-5-8-21(2)28)11-16-26(27)24-10-7-17-29-20-24/h3,6-7,9-17,19-21H,1,4-5,8,18H2,2H3. The van der Waals surface area contributed by atoms with Gasteiger partial charge in [-0.1, -0.05) is 55.1 Å². The zero-order chi connectivity index (χ0) is 21.2. The number of allylic oxidation sites excluding steroid dienone is 1. The number of unbranched alkanes of at least 4 members (excludes halogenated alkanes) is 1. The van der Waals surface area contributed by atoms with Crippen LogP contribution in [-0.4, -0.2) is 17.8 Å². The molecular weight excluding hydrogens is 373 g/mol. The molecule has 0 fully saturated rings. The first-order valence-electron chi connectivity index (χ1n) is 10.4. The van der Waals surface area contributed by atoms with Crippen LogP contribution < -0.4 is 4.74 Å². The van der Waals surface area contributed by atoms with E-state index in [1.807, 2.05) is 24.4 Å². The van der Waals surface area contributed by atoms with Gasteiger partial charge in [-0.15, -0.1) is 0 Å². The SMILES string of the molecule is C=CCOc1ccc(-c2cc(C=CCCCC(C)F)ccc2-c2cccnc2)cc1. The van der Waals surface area contributed by atoms with Gasteiger partial charge < -0.3 is 4.74 Å². The summed E-state index contributed by atoms with van der Waals surface area (Å²) >= 11 is 0. The Morgan fingerprint density at radius 1 is 1.07 bits per heavy atom. The predicted octanol–water partition coefficient (Wildman–Crippen LogP) is 7.52. The molecule has 2 aromatic carbocycles. The van der Waals surface area contributed by atoms with Crippen LogP contribution in [0, 0.1) is 0 Å². The van der Waals surface area contributed by atoms with E-state index in [-0.39, 0.29) is 0 Å². The van der Waals surface area contributed by atoms with Gasteiger partial charge in [-0.05, 0) is 72.7 Å². The van der Waals surface area contributed by atoms with Crippen LogP contribution in [0.15, 0.2) is 85.7 Å². The predicted molar refractivity (Wildman–Crippen MR) is 124 cm³/mol. The molecule has 0 aliphatic carbocycles. The van der Waals surface area contributed by atoms with Crippen molar-refractivity contribution >= 4 is 6.08 Å². The minimum absolute atomic E-state index is 0.488. The molecule has 2 nitrogen and oxygen atoms in total. The summed E-state index contributed by atoms with van der Waals surface area (Å²) in [6.07, 6.45) is 11.2. The maximum absolute atomic E-state index is 13.0. The van der Waals surface area contributed by atoms with Gasteiger partial charge in [0.15, 0.2) is 0 Å². The second-order valence-electron chi connectivity index (χ2n) is 7.28. The lowest BCUT2D eigenvalue weighted by Crippen LogP contribution is -1.93. The van der Waals surface area contributed by atoms with Crippen molar-refractivity contribution in [1.82, 2.24) is 4.98 Å². The van der Waals surface area contributed by atoms with Crippen LogP contribution in [-0.2, 0) is 0 Å². The molecule has 0 spiro atoms. The Balaban J connectivity index is 1.89. The number of nitrogens with zero attached hydrogens (tertiary/aromatic N) is 1. The minimum atomic E-state index is -0.734. The van der Waals surface area contributed by atoms with Gasteiger partial charge in [-0.2, -0.15) is 0 Å². The summed E-state index contributed by atoms with van der Waals surface area (Å²) in [5.41, 5.74) is 5.58. The number of rotatable bonds is 10. The molecule has 1 aromatic heterocycles. The van der Waals surface area contributed by atoms with Gasteiger partial charge in [0.05, 0.1) is 6.17 Å². The smallest absolute Gasteiger partial charge is 0.119 e. The van der Waals surface area contributed by atoms with Crippen molar-refractivity contribution in [3.63, 3.8) is 0 Å². The van der Waals surface area contributed by atoms with Crippen LogP contribution in [0.1, 0.15) is 31.7 Å². The van der Waals surface area contributed by atoms with Crippen LogP contribution >= 0.6 is 0 Å². The number of halogens is 1. The number of aromatic nitrogens is 1. The van der Waals surface area contributed by atoms with Crippen LogP contribution in [0.5, 0.6) is 5.75 Å². The fraction of sp³-hybridized carbons (Fsp3) is 0.222. The fourth-order valence-corrected chi connectivity index (χ4v) is 3.30. The average Bonchev–Trinajstić information content (AvgIpc) is 2.78. The zero-order valence-electron chi connectivity index (χ0n) is 17.4. The highest BCUT2D eigenvalue weighted by Gasteiger charge is 2.09. The largest absolute Gasteiger partial charge is 0.490 e. The Morgan fingerprint density at radius 2 is 1.90 bits per heavy atom. The minimum Gasteiger partial charge on any atom is -0.490 e. The van der Waals surface area contributed by atoms with Gasteiger partial charge in [0.2, 0.25) is 0 Å². The second kappa shape index (κ2) is 11.1. The van der Waals surface area contributed by atoms with Gasteiger partial charge >= 0.3 is 0 Å². The van der Waals surface area contributed by atoms with Crippen molar-refractivity contribution in [1.29, 1.82) is 0 Å². The first-order chi connectivity index (χ1) is 14.7. The molecule has 3 aromatic rings. The molecule has 0 saturated carbocycles. The molecule has 1 atom stereocenters. The molecule has 0 saturated heterocycles. The van der Waals surface area contributed by atoms with E-state index >= 15 is 0 Å². The molecule has 0 aliphatic heterocycles. The third-order valence-electron chi connectivity index (χ3n) is 4.83. The highest BCUT2D eigenvalue weighted by molar-refractivity contribution is 5.85. The zero-order valence-corrected chi connectivity index (χ0v) is 17.4. The van der Waals surface area contributed by atoms with Crippen LogP contribution in [0.25, 0.3) is 28.3 Å². The Bertz CT molecular complexity index is 962. The van der Waals surface area contributed by atoms with E-state index in [4.69, 9.17) is 4.74 Å². The van der Waals surface area contributed by atoms with E-state index in [1.165, 1.54) is 0 Å². The van der Waals surface area contributed by atoms with Gasteiger partial charge in [-0.3, -0.25) is 4.98 Å². The van der Waals surface area contributed by atoms with E-state index < -0.39 is 6.17 Å². The molecule has 0 aliphatic rings. The number of hydrogen-bond donors (Lipinski definition) is 0. The summed E-state index contributed by atoms with van der Waals surface area (Å²) in [4.78, 5) is 4.28. The van der Waals surface area contributed by atoms with Crippen molar-refractivity contribution in [2.24, 2.45) is 0 Å². The molecule has 0 radical (unpaired) electrons. The second-order valence-corrected chi connectivity index (χ2v) is 7.28. The lowest BCUT2D eigenvalue weighted by molar-refractivity contribution is 0.335. The molecule has 154 valence electrons. The molecule has 3 heteroatoms. The number of benzene rings is 2. The van der Waals surface area contributed by atoms with Crippen molar-refractivity contribution in [2.45, 2.75) is 32.4 Å². The summed E-state index contributed by atoms with van der Waals surface area (Å²) in [6, 6.07) is 18.6. The fourth-order valence-electron chi connectivity index (χ4n) is 3.30. The molecular formula is C27H28FNO. The normalized spacial score (nSPS) is 12.1. The number of hydrogen-bond acceptors (Lipinski definition) is 2. The Labute approximate surface area is 178 Å². The molecule has 3 rings (SSSR count). The maximum Gasteiger partial charge on any atom is 0.119 e. The number of pyridine rings is 1. The number of alkyl halides is 1. The summed E-state index contributed by atoms with van der Waals surface area (Å²) in [5.74, 6) is 0.819.